The molecule has 168 valence electrons. The second kappa shape index (κ2) is 10.1. The minimum atomic E-state index is -0.348. The van der Waals surface area contributed by atoms with Crippen LogP contribution >= 0.6 is 0 Å². The first-order valence-electron chi connectivity index (χ1n) is 12.3. The second-order valence-corrected chi connectivity index (χ2v) is 9.80. The maximum atomic E-state index is 15.1. The Kier molecular flexibility index (Phi) is 7.30. The predicted molar refractivity (Wildman–Crippen MR) is 125 cm³/mol. The van der Waals surface area contributed by atoms with Crippen LogP contribution in [0.3, 0.4) is 0 Å². The third-order valence-corrected chi connectivity index (χ3v) is 7.74. The van der Waals surface area contributed by atoms with Crippen molar-refractivity contribution in [1.29, 1.82) is 0 Å². The van der Waals surface area contributed by atoms with Gasteiger partial charge in [0, 0.05) is 11.5 Å². The van der Waals surface area contributed by atoms with Crippen molar-refractivity contribution in [1.82, 2.24) is 0 Å². The molecule has 2 aromatic carbocycles. The number of benzene rings is 2. The zero-order valence-electron chi connectivity index (χ0n) is 18.8. The fraction of sp³-hybridized carbons (Fsp3) is 0.571. The summed E-state index contributed by atoms with van der Waals surface area (Å²) >= 11 is 0. The van der Waals surface area contributed by atoms with E-state index >= 15 is 4.39 Å². The number of rotatable bonds is 8. The molecule has 0 N–H and O–H groups in total. The summed E-state index contributed by atoms with van der Waals surface area (Å²) < 4.78 is 35.3. The topological polar surface area (TPSA) is 9.23 Å². The minimum Gasteiger partial charge on any atom is -0.489 e. The number of ether oxygens (including phenoxy) is 1. The highest BCUT2D eigenvalue weighted by atomic mass is 19.1. The van der Waals surface area contributed by atoms with Gasteiger partial charge in [0.05, 0.1) is 0 Å². The van der Waals surface area contributed by atoms with E-state index in [0.29, 0.717) is 34.6 Å². The molecule has 0 amide bonds. The molecule has 2 fully saturated rings. The van der Waals surface area contributed by atoms with Gasteiger partial charge in [-0.15, -0.1) is 0 Å². The Bertz CT molecular complexity index is 906. The number of halogens is 2. The normalized spacial score (nSPS) is 25.9. The van der Waals surface area contributed by atoms with Gasteiger partial charge in [-0.2, -0.15) is 0 Å². The van der Waals surface area contributed by atoms with Gasteiger partial charge in [0.2, 0.25) is 0 Å². The minimum absolute atomic E-state index is 0.204. The summed E-state index contributed by atoms with van der Waals surface area (Å²) in [5, 5.41) is 1.05. The number of fused-ring (bicyclic) bond motifs is 2. The number of unbranched alkanes of at least 4 members (excludes halogenated alkanes) is 2. The summed E-state index contributed by atoms with van der Waals surface area (Å²) in [7, 11) is 0. The molecule has 3 heteroatoms. The van der Waals surface area contributed by atoms with Crippen LogP contribution in [0.2, 0.25) is 0 Å². The van der Waals surface area contributed by atoms with Crippen LogP contribution in [0.4, 0.5) is 8.78 Å². The van der Waals surface area contributed by atoms with Gasteiger partial charge in [0.25, 0.3) is 0 Å². The van der Waals surface area contributed by atoms with E-state index < -0.39 is 0 Å². The second-order valence-electron chi connectivity index (χ2n) is 9.80. The molecule has 0 aliphatic heterocycles. The zero-order chi connectivity index (χ0) is 21.8. The molecule has 0 aromatic heterocycles. The Morgan fingerprint density at radius 3 is 2.58 bits per heavy atom. The fourth-order valence-corrected chi connectivity index (χ4v) is 6.09. The first-order valence-corrected chi connectivity index (χ1v) is 12.3. The van der Waals surface area contributed by atoms with Gasteiger partial charge >= 0.3 is 0 Å². The van der Waals surface area contributed by atoms with E-state index in [1.165, 1.54) is 63.5 Å². The van der Waals surface area contributed by atoms with Gasteiger partial charge in [-0.05, 0) is 84.9 Å². The molecule has 0 spiro atoms. The molecule has 2 unspecified atom stereocenters. The van der Waals surface area contributed by atoms with Gasteiger partial charge in [-0.25, -0.2) is 8.78 Å². The van der Waals surface area contributed by atoms with E-state index in [1.807, 2.05) is 0 Å². The van der Waals surface area contributed by atoms with E-state index in [4.69, 9.17) is 4.74 Å². The lowest BCUT2D eigenvalue weighted by Crippen LogP contribution is -2.30. The van der Waals surface area contributed by atoms with Crippen LogP contribution in [-0.4, -0.2) is 6.61 Å². The molecular weight excluding hydrogens is 390 g/mol. The summed E-state index contributed by atoms with van der Waals surface area (Å²) in [6, 6.07) is 6.36. The standard InChI is InChI=1S/C28H36F2O/c1-3-5-6-7-19-8-9-21-14-22(11-10-20(21)13-19)25-18-26-23(16-27(25)29)15-24(17-28(26)30)31-12-4-2/h4,15-22H,2-3,5-14H2,1H3/t19?,20-,21?,22-/m1/s1. The molecule has 2 aliphatic rings. The Morgan fingerprint density at radius 2 is 1.77 bits per heavy atom. The molecule has 0 saturated heterocycles. The lowest BCUT2D eigenvalue weighted by Gasteiger charge is -2.42. The maximum absolute atomic E-state index is 15.1. The summed E-state index contributed by atoms with van der Waals surface area (Å²) in [5.41, 5.74) is 0.703. The molecule has 0 heterocycles. The van der Waals surface area contributed by atoms with Gasteiger partial charge < -0.3 is 4.74 Å². The maximum Gasteiger partial charge on any atom is 0.134 e. The molecule has 2 aliphatic carbocycles. The molecule has 31 heavy (non-hydrogen) atoms. The van der Waals surface area contributed by atoms with Crippen LogP contribution in [0, 0.1) is 29.4 Å². The van der Waals surface area contributed by atoms with Gasteiger partial charge in [0.1, 0.15) is 24.0 Å². The smallest absolute Gasteiger partial charge is 0.134 e. The highest BCUT2D eigenvalue weighted by molar-refractivity contribution is 5.85. The Labute approximate surface area is 185 Å². The van der Waals surface area contributed by atoms with E-state index in [2.05, 4.69) is 13.5 Å². The fourth-order valence-electron chi connectivity index (χ4n) is 6.09. The molecule has 4 rings (SSSR count). The summed E-state index contributed by atoms with van der Waals surface area (Å²) in [5.74, 6) is 2.47. The first-order chi connectivity index (χ1) is 15.1. The monoisotopic (exact) mass is 426 g/mol. The van der Waals surface area contributed by atoms with Crippen LogP contribution < -0.4 is 4.74 Å². The molecule has 2 aromatic rings. The van der Waals surface area contributed by atoms with Crippen molar-refractivity contribution in [3.05, 3.63) is 54.1 Å². The van der Waals surface area contributed by atoms with E-state index in [1.54, 1.807) is 18.2 Å². The average molecular weight is 427 g/mol. The predicted octanol–water partition coefficient (Wildman–Crippen LogP) is 8.56. The Balaban J connectivity index is 1.47. The van der Waals surface area contributed by atoms with Crippen LogP contribution in [0.1, 0.15) is 82.6 Å². The quantitative estimate of drug-likeness (QED) is 0.303. The lowest BCUT2D eigenvalue weighted by atomic mass is 9.63. The largest absolute Gasteiger partial charge is 0.489 e. The summed E-state index contributed by atoms with van der Waals surface area (Å²) in [6.07, 6.45) is 14.3. The molecule has 0 radical (unpaired) electrons. The SMILES string of the molecule is C=CCOc1cc(F)c2cc([C@@H]3CC[C@@H]4CC(CCCCC)CCC4C3)c(F)cc2c1. The van der Waals surface area contributed by atoms with E-state index in [0.717, 1.165) is 24.7 Å². The van der Waals surface area contributed by atoms with Crippen molar-refractivity contribution in [3.8, 4) is 5.75 Å². The van der Waals surface area contributed by atoms with E-state index in [-0.39, 0.29) is 17.6 Å². The average Bonchev–Trinajstić information content (AvgIpc) is 2.77. The van der Waals surface area contributed by atoms with Crippen molar-refractivity contribution in [2.24, 2.45) is 17.8 Å². The summed E-state index contributed by atoms with van der Waals surface area (Å²) in [4.78, 5) is 0. The number of hydrogen-bond donors (Lipinski definition) is 0. The zero-order valence-corrected chi connectivity index (χ0v) is 18.8. The van der Waals surface area contributed by atoms with Gasteiger partial charge in [-0.3, -0.25) is 0 Å². The lowest BCUT2D eigenvalue weighted by molar-refractivity contribution is 0.112. The van der Waals surface area contributed by atoms with Crippen LogP contribution in [0.25, 0.3) is 10.8 Å². The first kappa shape index (κ1) is 22.3. The highest BCUT2D eigenvalue weighted by Gasteiger charge is 2.36. The Morgan fingerprint density at radius 1 is 0.968 bits per heavy atom. The third-order valence-electron chi connectivity index (χ3n) is 7.74. The van der Waals surface area contributed by atoms with Gasteiger partial charge in [0.15, 0.2) is 0 Å². The third kappa shape index (κ3) is 5.13. The van der Waals surface area contributed by atoms with Gasteiger partial charge in [-0.1, -0.05) is 51.7 Å². The van der Waals surface area contributed by atoms with Crippen LogP contribution in [-0.2, 0) is 0 Å². The summed E-state index contributed by atoms with van der Waals surface area (Å²) in [6.45, 7) is 6.18. The van der Waals surface area contributed by atoms with Crippen molar-refractivity contribution >= 4 is 10.8 Å². The molecule has 1 nitrogen and oxygen atoms in total. The van der Waals surface area contributed by atoms with Crippen LogP contribution in [0.15, 0.2) is 36.9 Å². The molecule has 4 atom stereocenters. The molecule has 2 saturated carbocycles. The van der Waals surface area contributed by atoms with E-state index in [9.17, 15) is 4.39 Å². The van der Waals surface area contributed by atoms with Crippen molar-refractivity contribution in [3.63, 3.8) is 0 Å². The van der Waals surface area contributed by atoms with Crippen molar-refractivity contribution < 1.29 is 13.5 Å². The highest BCUT2D eigenvalue weighted by Crippen LogP contribution is 2.49. The van der Waals surface area contributed by atoms with Crippen LogP contribution in [0.5, 0.6) is 5.75 Å². The number of hydrogen-bond acceptors (Lipinski definition) is 1. The Hall–Kier alpha value is -1.90. The molecule has 0 bridgehead atoms. The molecular formula is C28H36F2O. The van der Waals surface area contributed by atoms with Crippen molar-refractivity contribution in [2.75, 3.05) is 6.61 Å². The van der Waals surface area contributed by atoms with Crippen molar-refractivity contribution in [2.45, 2.75) is 77.0 Å².